The Balaban J connectivity index is 1.95. The van der Waals surface area contributed by atoms with Crippen molar-refractivity contribution in [3.63, 3.8) is 0 Å². The highest BCUT2D eigenvalue weighted by molar-refractivity contribution is 6.32. The lowest BCUT2D eigenvalue weighted by atomic mass is 10.1. The Morgan fingerprint density at radius 3 is 2.44 bits per heavy atom. The van der Waals surface area contributed by atoms with E-state index in [0.29, 0.717) is 22.1 Å². The first-order chi connectivity index (χ1) is 11.9. The molecule has 7 heteroatoms. The van der Waals surface area contributed by atoms with Crippen LogP contribution in [-0.4, -0.2) is 25.5 Å². The van der Waals surface area contributed by atoms with Crippen LogP contribution in [0.4, 0.5) is 17.1 Å². The molecular weight excluding hydrogens is 342 g/mol. The van der Waals surface area contributed by atoms with E-state index in [1.54, 1.807) is 24.3 Å². The molecule has 2 aromatic rings. The molecule has 0 unspecified atom stereocenters. The highest BCUT2D eigenvalue weighted by Gasteiger charge is 2.07. The largest absolute Gasteiger partial charge is 0.495 e. The summed E-state index contributed by atoms with van der Waals surface area (Å²) in [7, 11) is 1.53. The summed E-state index contributed by atoms with van der Waals surface area (Å²) in [5.41, 5.74) is 2.97. The van der Waals surface area contributed by atoms with Gasteiger partial charge in [0.15, 0.2) is 0 Å². The first-order valence-corrected chi connectivity index (χ1v) is 8.02. The number of ether oxygens (including phenoxy) is 1. The molecule has 0 saturated carbocycles. The molecule has 6 nitrogen and oxygen atoms in total. The zero-order valence-electron chi connectivity index (χ0n) is 14.3. The van der Waals surface area contributed by atoms with E-state index in [9.17, 15) is 9.59 Å². The Morgan fingerprint density at radius 1 is 1.08 bits per heavy atom. The predicted octanol–water partition coefficient (Wildman–Crippen LogP) is 3.67. The molecule has 0 radical (unpaired) electrons. The van der Waals surface area contributed by atoms with Gasteiger partial charge in [-0.25, -0.2) is 0 Å². The van der Waals surface area contributed by atoms with Crippen molar-refractivity contribution >= 4 is 40.5 Å². The van der Waals surface area contributed by atoms with Crippen LogP contribution in [0.25, 0.3) is 0 Å². The van der Waals surface area contributed by atoms with Crippen LogP contribution in [0.5, 0.6) is 5.75 Å². The number of aryl methyl sites for hydroxylation is 1. The summed E-state index contributed by atoms with van der Waals surface area (Å²) < 4.78 is 5.07. The van der Waals surface area contributed by atoms with E-state index in [-0.39, 0.29) is 18.4 Å². The molecule has 0 spiro atoms. The molecule has 2 amide bonds. The number of halogens is 1. The quantitative estimate of drug-likeness (QED) is 0.733. The average Bonchev–Trinajstić information content (AvgIpc) is 2.55. The van der Waals surface area contributed by atoms with Crippen LogP contribution >= 0.6 is 11.6 Å². The minimum absolute atomic E-state index is 0.0756. The molecule has 0 aliphatic rings. The van der Waals surface area contributed by atoms with Crippen molar-refractivity contribution in [3.05, 3.63) is 47.0 Å². The molecule has 0 atom stereocenters. The Labute approximate surface area is 151 Å². The van der Waals surface area contributed by atoms with Gasteiger partial charge >= 0.3 is 0 Å². The van der Waals surface area contributed by atoms with Crippen LogP contribution in [0.1, 0.15) is 12.5 Å². The highest BCUT2D eigenvalue weighted by Crippen LogP contribution is 2.27. The Bertz CT molecular complexity index is 793. The van der Waals surface area contributed by atoms with Crippen LogP contribution in [0, 0.1) is 6.92 Å². The van der Waals surface area contributed by atoms with Crippen LogP contribution in [-0.2, 0) is 9.59 Å². The number of amides is 2. The van der Waals surface area contributed by atoms with Gasteiger partial charge < -0.3 is 20.7 Å². The molecular formula is C18H20ClN3O3. The third-order valence-electron chi connectivity index (χ3n) is 3.44. The van der Waals surface area contributed by atoms with Crippen LogP contribution in [0.2, 0.25) is 5.02 Å². The summed E-state index contributed by atoms with van der Waals surface area (Å²) in [4.78, 5) is 23.3. The molecule has 0 heterocycles. The standard InChI is InChI=1S/C18H20ClN3O3/c1-11-4-5-13(9-16(11)21-12(2)23)20-10-18(24)22-14-6-7-17(25-3)15(19)8-14/h4-9,20H,10H2,1-3H3,(H,21,23)(H,22,24). The zero-order chi connectivity index (χ0) is 18.4. The number of hydrogen-bond acceptors (Lipinski definition) is 4. The second kappa shape index (κ2) is 8.39. The van der Waals surface area contributed by atoms with E-state index in [4.69, 9.17) is 16.3 Å². The minimum Gasteiger partial charge on any atom is -0.495 e. The SMILES string of the molecule is COc1ccc(NC(=O)CNc2ccc(C)c(NC(C)=O)c2)cc1Cl. The smallest absolute Gasteiger partial charge is 0.243 e. The second-order valence-corrected chi connectivity index (χ2v) is 5.87. The number of carbonyl (C=O) groups excluding carboxylic acids is 2. The van der Waals surface area contributed by atoms with Crippen molar-refractivity contribution in [1.29, 1.82) is 0 Å². The van der Waals surface area contributed by atoms with Gasteiger partial charge in [0.05, 0.1) is 18.7 Å². The molecule has 0 aliphatic carbocycles. The van der Waals surface area contributed by atoms with Gasteiger partial charge in [-0.3, -0.25) is 9.59 Å². The average molecular weight is 362 g/mol. The number of nitrogens with one attached hydrogen (secondary N) is 3. The van der Waals surface area contributed by atoms with Gasteiger partial charge in [0, 0.05) is 24.0 Å². The van der Waals surface area contributed by atoms with Crippen LogP contribution in [0.15, 0.2) is 36.4 Å². The third kappa shape index (κ3) is 5.39. The number of anilines is 3. The maximum absolute atomic E-state index is 12.1. The van der Waals surface area contributed by atoms with Gasteiger partial charge in [-0.2, -0.15) is 0 Å². The molecule has 25 heavy (non-hydrogen) atoms. The highest BCUT2D eigenvalue weighted by atomic mass is 35.5. The normalized spacial score (nSPS) is 10.1. The fourth-order valence-corrected chi connectivity index (χ4v) is 2.45. The molecule has 3 N–H and O–H groups in total. The van der Waals surface area contributed by atoms with E-state index < -0.39 is 0 Å². The maximum Gasteiger partial charge on any atom is 0.243 e. The Kier molecular flexibility index (Phi) is 6.25. The summed E-state index contributed by atoms with van der Waals surface area (Å²) >= 11 is 6.03. The minimum atomic E-state index is -0.220. The van der Waals surface area contributed by atoms with Crippen molar-refractivity contribution in [2.75, 3.05) is 29.6 Å². The Morgan fingerprint density at radius 2 is 1.80 bits per heavy atom. The van der Waals surface area contributed by atoms with Gasteiger partial charge in [0.1, 0.15) is 5.75 Å². The van der Waals surface area contributed by atoms with Crippen molar-refractivity contribution in [1.82, 2.24) is 0 Å². The van der Waals surface area contributed by atoms with E-state index >= 15 is 0 Å². The molecule has 132 valence electrons. The summed E-state index contributed by atoms with van der Waals surface area (Å²) in [5, 5.41) is 8.95. The second-order valence-electron chi connectivity index (χ2n) is 5.46. The lowest BCUT2D eigenvalue weighted by Gasteiger charge is -2.12. The zero-order valence-corrected chi connectivity index (χ0v) is 15.0. The van der Waals surface area contributed by atoms with E-state index in [0.717, 1.165) is 11.3 Å². The van der Waals surface area contributed by atoms with Crippen molar-refractivity contribution in [2.45, 2.75) is 13.8 Å². The number of methoxy groups -OCH3 is 1. The van der Waals surface area contributed by atoms with Crippen LogP contribution < -0.4 is 20.7 Å². The van der Waals surface area contributed by atoms with Gasteiger partial charge in [-0.1, -0.05) is 17.7 Å². The fourth-order valence-electron chi connectivity index (χ4n) is 2.19. The third-order valence-corrected chi connectivity index (χ3v) is 3.73. The number of rotatable bonds is 6. The molecule has 0 aromatic heterocycles. The van der Waals surface area contributed by atoms with Crippen molar-refractivity contribution in [3.8, 4) is 5.75 Å². The molecule has 0 fully saturated rings. The predicted molar refractivity (Wildman–Crippen MR) is 101 cm³/mol. The van der Waals surface area contributed by atoms with Gasteiger partial charge in [-0.15, -0.1) is 0 Å². The fraction of sp³-hybridized carbons (Fsp3) is 0.222. The number of carbonyl (C=O) groups is 2. The topological polar surface area (TPSA) is 79.5 Å². The van der Waals surface area contributed by atoms with Gasteiger partial charge in [0.25, 0.3) is 0 Å². The molecule has 2 aromatic carbocycles. The lowest BCUT2D eigenvalue weighted by molar-refractivity contribution is -0.115. The number of benzene rings is 2. The lowest BCUT2D eigenvalue weighted by Crippen LogP contribution is -2.21. The molecule has 0 bridgehead atoms. The van der Waals surface area contributed by atoms with Gasteiger partial charge in [0.2, 0.25) is 11.8 Å². The van der Waals surface area contributed by atoms with Crippen LogP contribution in [0.3, 0.4) is 0 Å². The monoisotopic (exact) mass is 361 g/mol. The van der Waals surface area contributed by atoms with Crippen molar-refractivity contribution < 1.29 is 14.3 Å². The number of hydrogen-bond donors (Lipinski definition) is 3. The first-order valence-electron chi connectivity index (χ1n) is 7.64. The summed E-state index contributed by atoms with van der Waals surface area (Å²) in [6.07, 6.45) is 0. The van der Waals surface area contributed by atoms with E-state index in [1.165, 1.54) is 14.0 Å². The molecule has 0 saturated heterocycles. The molecule has 2 rings (SSSR count). The molecule has 0 aliphatic heterocycles. The maximum atomic E-state index is 12.1. The van der Waals surface area contributed by atoms with Gasteiger partial charge in [-0.05, 0) is 42.8 Å². The first kappa shape index (κ1) is 18.6. The van der Waals surface area contributed by atoms with E-state index in [1.807, 2.05) is 19.1 Å². The summed E-state index contributed by atoms with van der Waals surface area (Å²) in [5.74, 6) is 0.181. The summed E-state index contributed by atoms with van der Waals surface area (Å²) in [6.45, 7) is 3.42. The summed E-state index contributed by atoms with van der Waals surface area (Å²) in [6, 6.07) is 10.5. The van der Waals surface area contributed by atoms with E-state index in [2.05, 4.69) is 16.0 Å². The van der Waals surface area contributed by atoms with Crippen molar-refractivity contribution in [2.24, 2.45) is 0 Å². The Hall–Kier alpha value is -2.73.